The Morgan fingerprint density at radius 3 is 2.75 bits per heavy atom. The second kappa shape index (κ2) is 8.67. The number of unbranched alkanes of at least 4 members (excludes halogenated alkanes) is 3. The quantitative estimate of drug-likeness (QED) is 0.651. The minimum absolute atomic E-state index is 0.830. The van der Waals surface area contributed by atoms with Crippen molar-refractivity contribution in [1.82, 2.24) is 10.3 Å². The van der Waals surface area contributed by atoms with E-state index in [1.54, 1.807) is 11.3 Å². The molecule has 0 aromatic carbocycles. The molecule has 16 heavy (non-hydrogen) atoms. The first-order valence-corrected chi connectivity index (χ1v) is 7.02. The highest BCUT2D eigenvalue weighted by molar-refractivity contribution is 7.09. The average molecular weight is 241 g/mol. The van der Waals surface area contributed by atoms with Gasteiger partial charge in [0.25, 0.3) is 0 Å². The van der Waals surface area contributed by atoms with Crippen LogP contribution in [0.5, 0.6) is 0 Å². The molecule has 3 N–H and O–H groups in total. The van der Waals surface area contributed by atoms with Crippen LogP contribution in [0.4, 0.5) is 0 Å². The van der Waals surface area contributed by atoms with Crippen molar-refractivity contribution in [3.8, 4) is 0 Å². The van der Waals surface area contributed by atoms with E-state index in [0.29, 0.717) is 0 Å². The van der Waals surface area contributed by atoms with Gasteiger partial charge in [0.15, 0.2) is 0 Å². The number of thiazole rings is 1. The summed E-state index contributed by atoms with van der Waals surface area (Å²) in [6.07, 6.45) is 6.03. The highest BCUT2D eigenvalue weighted by Crippen LogP contribution is 2.07. The summed E-state index contributed by atoms with van der Waals surface area (Å²) in [5.41, 5.74) is 6.66. The Morgan fingerprint density at radius 2 is 2.06 bits per heavy atom. The fraction of sp³-hybridized carbons (Fsp3) is 0.750. The SMILES string of the molecule is Cc1nc(CCNCCCCCCN)cs1. The third kappa shape index (κ3) is 6.20. The number of aromatic nitrogens is 1. The third-order valence-corrected chi connectivity index (χ3v) is 3.35. The zero-order chi connectivity index (χ0) is 11.6. The molecule has 92 valence electrons. The molecule has 0 bridgehead atoms. The molecule has 4 heteroatoms. The van der Waals surface area contributed by atoms with E-state index in [0.717, 1.165) is 37.5 Å². The lowest BCUT2D eigenvalue weighted by molar-refractivity contribution is 0.589. The van der Waals surface area contributed by atoms with Crippen molar-refractivity contribution in [2.45, 2.75) is 39.0 Å². The molecule has 0 aliphatic carbocycles. The molecule has 0 atom stereocenters. The van der Waals surface area contributed by atoms with Crippen LogP contribution < -0.4 is 11.1 Å². The van der Waals surface area contributed by atoms with Crippen molar-refractivity contribution < 1.29 is 0 Å². The van der Waals surface area contributed by atoms with Gasteiger partial charge in [-0.1, -0.05) is 12.8 Å². The summed E-state index contributed by atoms with van der Waals surface area (Å²) in [4.78, 5) is 4.43. The lowest BCUT2D eigenvalue weighted by Gasteiger charge is -2.03. The van der Waals surface area contributed by atoms with Crippen molar-refractivity contribution in [2.75, 3.05) is 19.6 Å². The molecule has 0 aliphatic heterocycles. The zero-order valence-corrected chi connectivity index (χ0v) is 11.0. The maximum atomic E-state index is 5.44. The van der Waals surface area contributed by atoms with Crippen LogP contribution in [0, 0.1) is 6.92 Å². The number of rotatable bonds is 9. The molecule has 1 aromatic rings. The fourth-order valence-electron chi connectivity index (χ4n) is 1.61. The molecule has 0 saturated heterocycles. The Kier molecular flexibility index (Phi) is 7.38. The first kappa shape index (κ1) is 13.6. The monoisotopic (exact) mass is 241 g/mol. The molecule has 0 aliphatic rings. The molecular weight excluding hydrogens is 218 g/mol. The fourth-order valence-corrected chi connectivity index (χ4v) is 2.26. The lowest BCUT2D eigenvalue weighted by atomic mass is 10.2. The van der Waals surface area contributed by atoms with Gasteiger partial charge in [-0.3, -0.25) is 0 Å². The van der Waals surface area contributed by atoms with E-state index in [4.69, 9.17) is 5.73 Å². The maximum Gasteiger partial charge on any atom is 0.0897 e. The van der Waals surface area contributed by atoms with Crippen molar-refractivity contribution in [3.63, 3.8) is 0 Å². The highest BCUT2D eigenvalue weighted by atomic mass is 32.1. The Labute approximate surface area is 102 Å². The number of aryl methyl sites for hydroxylation is 1. The van der Waals surface area contributed by atoms with Crippen molar-refractivity contribution in [3.05, 3.63) is 16.1 Å². The third-order valence-electron chi connectivity index (χ3n) is 2.53. The average Bonchev–Trinajstić information content (AvgIpc) is 2.68. The van der Waals surface area contributed by atoms with Gasteiger partial charge in [0, 0.05) is 18.3 Å². The van der Waals surface area contributed by atoms with Crippen LogP contribution in [-0.4, -0.2) is 24.6 Å². The number of nitrogens with one attached hydrogen (secondary N) is 1. The highest BCUT2D eigenvalue weighted by Gasteiger charge is 1.97. The summed E-state index contributed by atoms with van der Waals surface area (Å²) in [5.74, 6) is 0. The van der Waals surface area contributed by atoms with Gasteiger partial charge in [-0.25, -0.2) is 4.98 Å². The normalized spacial score (nSPS) is 10.9. The smallest absolute Gasteiger partial charge is 0.0897 e. The first-order chi connectivity index (χ1) is 7.83. The molecule has 0 unspecified atom stereocenters. The number of hydrogen-bond acceptors (Lipinski definition) is 4. The van der Waals surface area contributed by atoms with Gasteiger partial charge in [0.1, 0.15) is 0 Å². The van der Waals surface area contributed by atoms with Crippen LogP contribution in [0.2, 0.25) is 0 Å². The van der Waals surface area contributed by atoms with Crippen molar-refractivity contribution in [2.24, 2.45) is 5.73 Å². The molecule has 1 rings (SSSR count). The summed E-state index contributed by atoms with van der Waals surface area (Å²) >= 11 is 1.73. The molecule has 0 amide bonds. The number of nitrogens with zero attached hydrogens (tertiary/aromatic N) is 1. The first-order valence-electron chi connectivity index (χ1n) is 6.14. The van der Waals surface area contributed by atoms with E-state index >= 15 is 0 Å². The van der Waals surface area contributed by atoms with Crippen LogP contribution in [0.3, 0.4) is 0 Å². The van der Waals surface area contributed by atoms with Crippen LogP contribution >= 0.6 is 11.3 Å². The van der Waals surface area contributed by atoms with Crippen LogP contribution in [-0.2, 0) is 6.42 Å². The molecule has 3 nitrogen and oxygen atoms in total. The molecule has 1 heterocycles. The molecule has 0 radical (unpaired) electrons. The van der Waals surface area contributed by atoms with E-state index < -0.39 is 0 Å². The zero-order valence-electron chi connectivity index (χ0n) is 10.2. The van der Waals surface area contributed by atoms with E-state index in [2.05, 4.69) is 22.6 Å². The van der Waals surface area contributed by atoms with Crippen LogP contribution in [0.25, 0.3) is 0 Å². The van der Waals surface area contributed by atoms with Gasteiger partial charge in [-0.15, -0.1) is 11.3 Å². The Balaban J connectivity index is 1.88. The summed E-state index contributed by atoms with van der Waals surface area (Å²) in [7, 11) is 0. The minimum atomic E-state index is 0.830. The molecule has 0 fully saturated rings. The van der Waals surface area contributed by atoms with Gasteiger partial charge < -0.3 is 11.1 Å². The Bertz CT molecular complexity index is 273. The summed E-state index contributed by atoms with van der Waals surface area (Å²) in [6.45, 7) is 5.05. The van der Waals surface area contributed by atoms with E-state index in [9.17, 15) is 0 Å². The standard InChI is InChI=1S/C12H23N3S/c1-11-15-12(10-16-11)6-9-14-8-5-3-2-4-7-13/h10,14H,2-9,13H2,1H3. The summed E-state index contributed by atoms with van der Waals surface area (Å²) < 4.78 is 0. The minimum Gasteiger partial charge on any atom is -0.330 e. The molecule has 0 saturated carbocycles. The topological polar surface area (TPSA) is 50.9 Å². The predicted molar refractivity (Wildman–Crippen MR) is 70.9 cm³/mol. The molecular formula is C12H23N3S. The van der Waals surface area contributed by atoms with Gasteiger partial charge in [-0.05, 0) is 32.9 Å². The largest absolute Gasteiger partial charge is 0.330 e. The number of hydrogen-bond donors (Lipinski definition) is 2. The maximum absolute atomic E-state index is 5.44. The van der Waals surface area contributed by atoms with Gasteiger partial charge in [-0.2, -0.15) is 0 Å². The van der Waals surface area contributed by atoms with Gasteiger partial charge in [0.05, 0.1) is 10.7 Å². The van der Waals surface area contributed by atoms with Gasteiger partial charge >= 0.3 is 0 Å². The molecule has 1 aromatic heterocycles. The van der Waals surface area contributed by atoms with Crippen LogP contribution in [0.1, 0.15) is 36.4 Å². The Morgan fingerprint density at radius 1 is 1.25 bits per heavy atom. The van der Waals surface area contributed by atoms with Gasteiger partial charge in [0.2, 0.25) is 0 Å². The predicted octanol–water partition coefficient (Wildman–Crippen LogP) is 2.10. The number of nitrogens with two attached hydrogens (primary N) is 1. The second-order valence-electron chi connectivity index (χ2n) is 4.06. The van der Waals surface area contributed by atoms with Crippen molar-refractivity contribution in [1.29, 1.82) is 0 Å². The van der Waals surface area contributed by atoms with Crippen molar-refractivity contribution >= 4 is 11.3 Å². The lowest BCUT2D eigenvalue weighted by Crippen LogP contribution is -2.18. The summed E-state index contributed by atoms with van der Waals surface area (Å²) in [5, 5.41) is 6.77. The van der Waals surface area contributed by atoms with Crippen LogP contribution in [0.15, 0.2) is 5.38 Å². The summed E-state index contributed by atoms with van der Waals surface area (Å²) in [6, 6.07) is 0. The second-order valence-corrected chi connectivity index (χ2v) is 5.12. The molecule has 0 spiro atoms. The van der Waals surface area contributed by atoms with E-state index in [1.165, 1.54) is 25.0 Å². The Hall–Kier alpha value is -0.450. The van der Waals surface area contributed by atoms with E-state index in [1.807, 2.05) is 0 Å². The van der Waals surface area contributed by atoms with E-state index in [-0.39, 0.29) is 0 Å².